The van der Waals surface area contributed by atoms with E-state index in [1.54, 1.807) is 0 Å². The first-order valence-electron chi connectivity index (χ1n) is 5.95. The number of anilines is 1. The zero-order valence-corrected chi connectivity index (χ0v) is 11.7. The van der Waals surface area contributed by atoms with E-state index in [0.717, 1.165) is 12.1 Å². The van der Waals surface area contributed by atoms with Crippen molar-refractivity contribution in [1.29, 1.82) is 0 Å². The Kier molecular flexibility index (Phi) is 5.28. The van der Waals surface area contributed by atoms with Crippen molar-refractivity contribution in [1.82, 2.24) is 4.72 Å². The molecule has 0 fully saturated rings. The van der Waals surface area contributed by atoms with E-state index in [1.807, 2.05) is 13.8 Å². The summed E-state index contributed by atoms with van der Waals surface area (Å²) in [7, 11) is -4.01. The van der Waals surface area contributed by atoms with E-state index in [4.69, 9.17) is 5.73 Å². The second-order valence-electron chi connectivity index (χ2n) is 4.83. The van der Waals surface area contributed by atoms with Crippen molar-refractivity contribution in [2.24, 2.45) is 5.92 Å². The zero-order chi connectivity index (χ0) is 14.6. The minimum atomic E-state index is -4.01. The van der Waals surface area contributed by atoms with Crippen LogP contribution in [-0.4, -0.2) is 26.2 Å². The van der Waals surface area contributed by atoms with Gasteiger partial charge in [0.25, 0.3) is 0 Å². The standard InChI is InChI=1S/C12H19FN2O3S/c1-8(2)5-10(16)7-15-19(17,18)12-6-9(14)3-4-11(12)13/h3-4,6,8,10,15-16H,5,7,14H2,1-2H3. The summed E-state index contributed by atoms with van der Waals surface area (Å²) >= 11 is 0. The lowest BCUT2D eigenvalue weighted by atomic mass is 10.1. The third-order valence-electron chi connectivity index (χ3n) is 2.50. The van der Waals surface area contributed by atoms with E-state index in [9.17, 15) is 17.9 Å². The number of nitrogens with one attached hydrogen (secondary N) is 1. The summed E-state index contributed by atoms with van der Waals surface area (Å²) in [6.07, 6.45) is -0.346. The number of nitrogen functional groups attached to an aromatic ring is 1. The predicted octanol–water partition coefficient (Wildman–Crippen LogP) is 1.09. The van der Waals surface area contributed by atoms with E-state index < -0.39 is 26.8 Å². The fourth-order valence-corrected chi connectivity index (χ4v) is 2.82. The van der Waals surface area contributed by atoms with Crippen LogP contribution in [0.15, 0.2) is 23.1 Å². The Morgan fingerprint density at radius 2 is 2.05 bits per heavy atom. The molecule has 0 amide bonds. The van der Waals surface area contributed by atoms with Gasteiger partial charge in [0.15, 0.2) is 0 Å². The Morgan fingerprint density at radius 1 is 1.42 bits per heavy atom. The van der Waals surface area contributed by atoms with Crippen LogP contribution in [0.5, 0.6) is 0 Å². The fraction of sp³-hybridized carbons (Fsp3) is 0.500. The number of rotatable bonds is 6. The molecule has 0 aromatic heterocycles. The summed E-state index contributed by atoms with van der Waals surface area (Å²) in [6, 6.07) is 3.32. The van der Waals surface area contributed by atoms with E-state index in [1.165, 1.54) is 6.07 Å². The molecule has 1 aromatic carbocycles. The van der Waals surface area contributed by atoms with Crippen molar-refractivity contribution in [3.05, 3.63) is 24.0 Å². The third-order valence-corrected chi connectivity index (χ3v) is 3.94. The smallest absolute Gasteiger partial charge is 0.243 e. The van der Waals surface area contributed by atoms with E-state index in [2.05, 4.69) is 4.72 Å². The summed E-state index contributed by atoms with van der Waals surface area (Å²) in [5.74, 6) is -0.636. The molecule has 7 heteroatoms. The van der Waals surface area contributed by atoms with E-state index in [-0.39, 0.29) is 18.2 Å². The molecule has 1 rings (SSSR count). The maximum Gasteiger partial charge on any atom is 0.243 e. The number of aliphatic hydroxyl groups is 1. The number of hydrogen-bond donors (Lipinski definition) is 3. The molecule has 0 spiro atoms. The first-order valence-corrected chi connectivity index (χ1v) is 7.43. The summed E-state index contributed by atoms with van der Waals surface area (Å²) < 4.78 is 39.4. The summed E-state index contributed by atoms with van der Waals surface area (Å²) in [5.41, 5.74) is 5.59. The van der Waals surface area contributed by atoms with Gasteiger partial charge in [0.05, 0.1) is 6.10 Å². The molecule has 1 atom stereocenters. The molecule has 0 aliphatic carbocycles. The van der Waals surface area contributed by atoms with Gasteiger partial charge in [-0.15, -0.1) is 0 Å². The molecule has 0 saturated carbocycles. The predicted molar refractivity (Wildman–Crippen MR) is 71.5 cm³/mol. The van der Waals surface area contributed by atoms with Gasteiger partial charge in [0, 0.05) is 12.2 Å². The highest BCUT2D eigenvalue weighted by Gasteiger charge is 2.20. The summed E-state index contributed by atoms with van der Waals surface area (Å²) in [6.45, 7) is 3.67. The molecule has 0 aliphatic heterocycles. The van der Waals surface area contributed by atoms with Crippen LogP contribution in [0.1, 0.15) is 20.3 Å². The third kappa shape index (κ3) is 4.77. The van der Waals surface area contributed by atoms with Crippen molar-refractivity contribution in [3.63, 3.8) is 0 Å². The second kappa shape index (κ2) is 6.31. The SMILES string of the molecule is CC(C)CC(O)CNS(=O)(=O)c1cc(N)ccc1F. The lowest BCUT2D eigenvalue weighted by Crippen LogP contribution is -2.33. The first kappa shape index (κ1) is 15.9. The average molecular weight is 290 g/mol. The van der Waals surface area contributed by atoms with Crippen LogP contribution in [0.2, 0.25) is 0 Å². The highest BCUT2D eigenvalue weighted by atomic mass is 32.2. The van der Waals surface area contributed by atoms with Gasteiger partial charge in [-0.25, -0.2) is 17.5 Å². The summed E-state index contributed by atoms with van der Waals surface area (Å²) in [5, 5.41) is 9.61. The largest absolute Gasteiger partial charge is 0.399 e. The van der Waals surface area contributed by atoms with Crippen LogP contribution in [0, 0.1) is 11.7 Å². The van der Waals surface area contributed by atoms with E-state index >= 15 is 0 Å². The maximum absolute atomic E-state index is 13.5. The topological polar surface area (TPSA) is 92.4 Å². The number of hydrogen-bond acceptors (Lipinski definition) is 4. The zero-order valence-electron chi connectivity index (χ0n) is 10.9. The molecular weight excluding hydrogens is 271 g/mol. The van der Waals surface area contributed by atoms with Crippen LogP contribution in [0.25, 0.3) is 0 Å². The van der Waals surface area contributed by atoms with Gasteiger partial charge in [-0.2, -0.15) is 0 Å². The Labute approximate surface area is 112 Å². The maximum atomic E-state index is 13.5. The van der Waals surface area contributed by atoms with Gasteiger partial charge in [-0.1, -0.05) is 13.8 Å². The number of sulfonamides is 1. The highest BCUT2D eigenvalue weighted by molar-refractivity contribution is 7.89. The van der Waals surface area contributed by atoms with Gasteiger partial charge in [-0.3, -0.25) is 0 Å². The Hall–Kier alpha value is -1.18. The molecule has 108 valence electrons. The van der Waals surface area contributed by atoms with Gasteiger partial charge < -0.3 is 10.8 Å². The van der Waals surface area contributed by atoms with Gasteiger partial charge in [-0.05, 0) is 30.5 Å². The van der Waals surface area contributed by atoms with Gasteiger partial charge in [0.2, 0.25) is 10.0 Å². The Balaban J connectivity index is 2.79. The number of benzene rings is 1. The molecule has 1 unspecified atom stereocenters. The number of nitrogens with two attached hydrogens (primary N) is 1. The molecule has 0 bridgehead atoms. The molecule has 4 N–H and O–H groups in total. The van der Waals surface area contributed by atoms with Crippen LogP contribution in [0.3, 0.4) is 0 Å². The Bertz CT molecular complexity index is 532. The van der Waals surface area contributed by atoms with Gasteiger partial charge in [0.1, 0.15) is 10.7 Å². The Morgan fingerprint density at radius 3 is 2.63 bits per heavy atom. The van der Waals surface area contributed by atoms with Crippen LogP contribution >= 0.6 is 0 Å². The minimum Gasteiger partial charge on any atom is -0.399 e. The second-order valence-corrected chi connectivity index (χ2v) is 6.56. The van der Waals surface area contributed by atoms with Crippen molar-refractivity contribution in [3.8, 4) is 0 Å². The van der Waals surface area contributed by atoms with Crippen molar-refractivity contribution in [2.45, 2.75) is 31.3 Å². The highest BCUT2D eigenvalue weighted by Crippen LogP contribution is 2.17. The normalized spacial score (nSPS) is 13.7. The van der Waals surface area contributed by atoms with Crippen LogP contribution in [0.4, 0.5) is 10.1 Å². The summed E-state index contributed by atoms with van der Waals surface area (Å²) in [4.78, 5) is -0.510. The molecule has 0 radical (unpaired) electrons. The fourth-order valence-electron chi connectivity index (χ4n) is 1.64. The number of halogens is 1. The van der Waals surface area contributed by atoms with Crippen molar-refractivity contribution in [2.75, 3.05) is 12.3 Å². The number of aliphatic hydroxyl groups excluding tert-OH is 1. The molecule has 0 saturated heterocycles. The van der Waals surface area contributed by atoms with Crippen LogP contribution in [-0.2, 0) is 10.0 Å². The lowest BCUT2D eigenvalue weighted by molar-refractivity contribution is 0.152. The lowest BCUT2D eigenvalue weighted by Gasteiger charge is -2.14. The molecule has 1 aromatic rings. The van der Waals surface area contributed by atoms with Crippen molar-refractivity contribution >= 4 is 15.7 Å². The quantitative estimate of drug-likeness (QED) is 0.684. The minimum absolute atomic E-state index is 0.157. The van der Waals surface area contributed by atoms with Gasteiger partial charge >= 0.3 is 0 Å². The molecular formula is C12H19FN2O3S. The molecule has 0 aliphatic rings. The molecule has 19 heavy (non-hydrogen) atoms. The van der Waals surface area contributed by atoms with Crippen LogP contribution < -0.4 is 10.5 Å². The molecule has 5 nitrogen and oxygen atoms in total. The first-order chi connectivity index (χ1) is 8.72. The van der Waals surface area contributed by atoms with Crippen molar-refractivity contribution < 1.29 is 17.9 Å². The average Bonchev–Trinajstić information content (AvgIpc) is 2.29. The van der Waals surface area contributed by atoms with E-state index in [0.29, 0.717) is 6.42 Å². The monoisotopic (exact) mass is 290 g/mol. The molecule has 0 heterocycles.